The smallest absolute Gasteiger partial charge is 0.0991 e. The van der Waals surface area contributed by atoms with E-state index in [1.807, 2.05) is 17.1 Å². The molecule has 3 unspecified atom stereocenters. The van der Waals surface area contributed by atoms with Crippen molar-refractivity contribution in [2.24, 2.45) is 17.6 Å². The van der Waals surface area contributed by atoms with Gasteiger partial charge in [0.1, 0.15) is 0 Å². The first-order valence-electron chi connectivity index (χ1n) is 7.85. The van der Waals surface area contributed by atoms with E-state index >= 15 is 0 Å². The second-order valence-electron chi connectivity index (χ2n) is 6.50. The van der Waals surface area contributed by atoms with E-state index in [-0.39, 0.29) is 0 Å². The zero-order chi connectivity index (χ0) is 14.2. The lowest BCUT2D eigenvalue weighted by Gasteiger charge is -2.18. The number of nitrogens with zero attached hydrogens (tertiary/aromatic N) is 3. The Morgan fingerprint density at radius 3 is 2.71 bits per heavy atom. The molecule has 1 aliphatic carbocycles. The van der Waals surface area contributed by atoms with Gasteiger partial charge in [-0.3, -0.25) is 4.90 Å². The third-order valence-corrected chi connectivity index (χ3v) is 5.13. The van der Waals surface area contributed by atoms with E-state index in [0.717, 1.165) is 24.1 Å². The SMILES string of the molecule is NC1CCC2CN(Cc3ccc(-n4ccnc4)cc3)CC12. The molecule has 4 rings (SSSR count). The van der Waals surface area contributed by atoms with Crippen LogP contribution in [0.4, 0.5) is 0 Å². The van der Waals surface area contributed by atoms with E-state index in [4.69, 9.17) is 5.73 Å². The van der Waals surface area contributed by atoms with Gasteiger partial charge in [-0.25, -0.2) is 4.98 Å². The highest BCUT2D eigenvalue weighted by atomic mass is 15.2. The summed E-state index contributed by atoms with van der Waals surface area (Å²) in [6.45, 7) is 3.45. The second kappa shape index (κ2) is 5.28. The van der Waals surface area contributed by atoms with Crippen molar-refractivity contribution in [1.29, 1.82) is 0 Å². The molecule has 4 heteroatoms. The molecule has 4 nitrogen and oxygen atoms in total. The number of nitrogens with two attached hydrogens (primary N) is 1. The average molecular weight is 282 g/mol. The summed E-state index contributed by atoms with van der Waals surface area (Å²) in [7, 11) is 0. The van der Waals surface area contributed by atoms with Crippen LogP contribution in [0.15, 0.2) is 43.0 Å². The summed E-state index contributed by atoms with van der Waals surface area (Å²) < 4.78 is 2.03. The number of fused-ring (bicyclic) bond motifs is 1. The molecular formula is C17H22N4. The highest BCUT2D eigenvalue weighted by molar-refractivity contribution is 5.34. The maximum atomic E-state index is 6.21. The van der Waals surface area contributed by atoms with Gasteiger partial charge in [-0.15, -0.1) is 0 Å². The fourth-order valence-corrected chi connectivity index (χ4v) is 3.97. The Balaban J connectivity index is 1.42. The van der Waals surface area contributed by atoms with Crippen LogP contribution in [0.1, 0.15) is 18.4 Å². The zero-order valence-electron chi connectivity index (χ0n) is 12.2. The molecular weight excluding hydrogens is 260 g/mol. The van der Waals surface area contributed by atoms with Gasteiger partial charge in [0.25, 0.3) is 0 Å². The summed E-state index contributed by atoms with van der Waals surface area (Å²) in [5, 5.41) is 0. The lowest BCUT2D eigenvalue weighted by atomic mass is 9.98. The standard InChI is InChI=1S/C17H22N4/c18-17-6-3-14-10-20(11-16(14)17)9-13-1-4-15(5-2-13)21-8-7-19-12-21/h1-2,4-5,7-8,12,14,16-17H,3,6,9-11,18H2. The minimum Gasteiger partial charge on any atom is -0.327 e. The molecule has 2 aromatic rings. The van der Waals surface area contributed by atoms with Crippen LogP contribution in [0.3, 0.4) is 0 Å². The molecule has 0 spiro atoms. The minimum absolute atomic E-state index is 0.434. The Labute approximate surface area is 125 Å². The molecule has 1 saturated carbocycles. The van der Waals surface area contributed by atoms with Gasteiger partial charge in [-0.1, -0.05) is 12.1 Å². The van der Waals surface area contributed by atoms with Crippen LogP contribution in [0.25, 0.3) is 5.69 Å². The monoisotopic (exact) mass is 282 g/mol. The van der Waals surface area contributed by atoms with Crippen LogP contribution in [0.2, 0.25) is 0 Å². The van der Waals surface area contributed by atoms with E-state index in [9.17, 15) is 0 Å². The summed E-state index contributed by atoms with van der Waals surface area (Å²) in [6.07, 6.45) is 8.15. The molecule has 0 amide bonds. The van der Waals surface area contributed by atoms with Crippen LogP contribution < -0.4 is 5.73 Å². The van der Waals surface area contributed by atoms with Gasteiger partial charge in [0.15, 0.2) is 0 Å². The molecule has 1 saturated heterocycles. The van der Waals surface area contributed by atoms with Crippen LogP contribution in [-0.4, -0.2) is 33.6 Å². The molecule has 1 aromatic heterocycles. The fraction of sp³-hybridized carbons (Fsp3) is 0.471. The molecule has 0 radical (unpaired) electrons. The molecule has 3 atom stereocenters. The number of rotatable bonds is 3. The third kappa shape index (κ3) is 2.49. The predicted octanol–water partition coefficient (Wildman–Crippen LogP) is 2.04. The molecule has 2 fully saturated rings. The molecule has 2 aliphatic rings. The molecule has 1 aliphatic heterocycles. The Morgan fingerprint density at radius 2 is 2.00 bits per heavy atom. The van der Waals surface area contributed by atoms with Gasteiger partial charge in [0.2, 0.25) is 0 Å². The van der Waals surface area contributed by atoms with Gasteiger partial charge in [-0.05, 0) is 42.4 Å². The Kier molecular flexibility index (Phi) is 3.28. The highest BCUT2D eigenvalue weighted by Gasteiger charge is 2.40. The molecule has 110 valence electrons. The summed E-state index contributed by atoms with van der Waals surface area (Å²) in [4.78, 5) is 6.66. The van der Waals surface area contributed by atoms with Crippen molar-refractivity contribution < 1.29 is 0 Å². The molecule has 2 N–H and O–H groups in total. The zero-order valence-corrected chi connectivity index (χ0v) is 12.2. The van der Waals surface area contributed by atoms with E-state index in [1.165, 1.54) is 31.5 Å². The van der Waals surface area contributed by atoms with Crippen molar-refractivity contribution in [3.63, 3.8) is 0 Å². The van der Waals surface area contributed by atoms with Crippen molar-refractivity contribution in [3.8, 4) is 5.69 Å². The molecule has 1 aromatic carbocycles. The Bertz CT molecular complexity index is 590. The largest absolute Gasteiger partial charge is 0.327 e. The van der Waals surface area contributed by atoms with Crippen molar-refractivity contribution in [2.75, 3.05) is 13.1 Å². The Hall–Kier alpha value is -1.65. The summed E-state index contributed by atoms with van der Waals surface area (Å²) >= 11 is 0. The summed E-state index contributed by atoms with van der Waals surface area (Å²) in [5.74, 6) is 1.57. The topological polar surface area (TPSA) is 47.1 Å². The Morgan fingerprint density at radius 1 is 1.14 bits per heavy atom. The average Bonchev–Trinajstić information content (AvgIpc) is 3.20. The first-order chi connectivity index (χ1) is 10.3. The summed E-state index contributed by atoms with van der Waals surface area (Å²) in [5.41, 5.74) is 8.76. The maximum Gasteiger partial charge on any atom is 0.0991 e. The van der Waals surface area contributed by atoms with E-state index in [0.29, 0.717) is 6.04 Å². The van der Waals surface area contributed by atoms with Gasteiger partial charge in [-0.2, -0.15) is 0 Å². The number of aromatic nitrogens is 2. The van der Waals surface area contributed by atoms with Gasteiger partial charge in [0, 0.05) is 43.8 Å². The van der Waals surface area contributed by atoms with E-state index < -0.39 is 0 Å². The van der Waals surface area contributed by atoms with Gasteiger partial charge >= 0.3 is 0 Å². The predicted molar refractivity (Wildman–Crippen MR) is 83.0 cm³/mol. The van der Waals surface area contributed by atoms with E-state index in [2.05, 4.69) is 34.1 Å². The van der Waals surface area contributed by atoms with Crippen LogP contribution in [0.5, 0.6) is 0 Å². The quantitative estimate of drug-likeness (QED) is 0.937. The maximum absolute atomic E-state index is 6.21. The van der Waals surface area contributed by atoms with Crippen molar-refractivity contribution >= 4 is 0 Å². The fourth-order valence-electron chi connectivity index (χ4n) is 3.97. The number of hydrogen-bond acceptors (Lipinski definition) is 3. The highest BCUT2D eigenvalue weighted by Crippen LogP contribution is 2.37. The third-order valence-electron chi connectivity index (χ3n) is 5.13. The summed E-state index contributed by atoms with van der Waals surface area (Å²) in [6, 6.07) is 9.22. The number of hydrogen-bond donors (Lipinski definition) is 1. The number of likely N-dealkylation sites (tertiary alicyclic amines) is 1. The molecule has 0 bridgehead atoms. The van der Waals surface area contributed by atoms with Crippen molar-refractivity contribution in [2.45, 2.75) is 25.4 Å². The van der Waals surface area contributed by atoms with Gasteiger partial charge in [0.05, 0.1) is 6.33 Å². The number of imidazole rings is 1. The second-order valence-corrected chi connectivity index (χ2v) is 6.50. The van der Waals surface area contributed by atoms with Crippen LogP contribution in [0, 0.1) is 11.8 Å². The first kappa shape index (κ1) is 13.0. The van der Waals surface area contributed by atoms with Crippen LogP contribution in [-0.2, 0) is 6.54 Å². The lowest BCUT2D eigenvalue weighted by Crippen LogP contribution is -2.30. The van der Waals surface area contributed by atoms with Gasteiger partial charge < -0.3 is 10.3 Å². The van der Waals surface area contributed by atoms with E-state index in [1.54, 1.807) is 6.20 Å². The lowest BCUT2D eigenvalue weighted by molar-refractivity contribution is 0.298. The molecule has 2 heterocycles. The molecule has 21 heavy (non-hydrogen) atoms. The normalized spacial score (nSPS) is 28.9. The minimum atomic E-state index is 0.434. The number of benzene rings is 1. The van der Waals surface area contributed by atoms with Crippen molar-refractivity contribution in [3.05, 3.63) is 48.5 Å². The van der Waals surface area contributed by atoms with Crippen LogP contribution >= 0.6 is 0 Å². The van der Waals surface area contributed by atoms with Crippen molar-refractivity contribution in [1.82, 2.24) is 14.5 Å². The first-order valence-corrected chi connectivity index (χ1v) is 7.85.